The molecule has 0 aromatic heterocycles. The molecule has 0 aromatic carbocycles. The standard InChI is InChI=1S/C8H13NO2/c10-5-8(9-6-11)7-3-1-2-4-7/h5-8H,1-4H2,(H,9,11)/t8-/m1/s1. The molecule has 1 N–H and O–H groups in total. The minimum Gasteiger partial charge on any atom is -0.349 e. The molecule has 11 heavy (non-hydrogen) atoms. The van der Waals surface area contributed by atoms with Crippen molar-refractivity contribution in [1.29, 1.82) is 0 Å². The summed E-state index contributed by atoms with van der Waals surface area (Å²) in [7, 11) is 0. The van der Waals surface area contributed by atoms with Gasteiger partial charge in [0.1, 0.15) is 6.29 Å². The van der Waals surface area contributed by atoms with Crippen molar-refractivity contribution in [3.63, 3.8) is 0 Å². The third kappa shape index (κ3) is 2.03. The molecule has 0 radical (unpaired) electrons. The predicted octanol–water partition coefficient (Wildman–Crippen LogP) is 0.490. The molecular formula is C8H13NO2. The molecule has 3 heteroatoms. The van der Waals surface area contributed by atoms with Crippen LogP contribution in [-0.4, -0.2) is 18.7 Å². The zero-order valence-electron chi connectivity index (χ0n) is 6.45. The van der Waals surface area contributed by atoms with Gasteiger partial charge in [-0.3, -0.25) is 4.79 Å². The predicted molar refractivity (Wildman–Crippen MR) is 41.0 cm³/mol. The van der Waals surface area contributed by atoms with Gasteiger partial charge in [-0.1, -0.05) is 12.8 Å². The Morgan fingerprint density at radius 1 is 1.27 bits per heavy atom. The third-order valence-corrected chi connectivity index (χ3v) is 2.31. The van der Waals surface area contributed by atoms with Crippen LogP contribution in [0.1, 0.15) is 25.7 Å². The van der Waals surface area contributed by atoms with Gasteiger partial charge in [0.05, 0.1) is 6.04 Å². The maximum atomic E-state index is 10.5. The topological polar surface area (TPSA) is 46.2 Å². The molecule has 1 saturated carbocycles. The Morgan fingerprint density at radius 2 is 1.91 bits per heavy atom. The Balaban J connectivity index is 2.39. The number of hydrogen-bond acceptors (Lipinski definition) is 2. The molecule has 62 valence electrons. The maximum Gasteiger partial charge on any atom is 0.207 e. The summed E-state index contributed by atoms with van der Waals surface area (Å²) in [6.45, 7) is 0. The van der Waals surface area contributed by atoms with Crippen LogP contribution >= 0.6 is 0 Å². The van der Waals surface area contributed by atoms with Gasteiger partial charge in [-0.2, -0.15) is 0 Å². The van der Waals surface area contributed by atoms with E-state index in [1.807, 2.05) is 0 Å². The summed E-state index contributed by atoms with van der Waals surface area (Å²) < 4.78 is 0. The number of hydrogen-bond donors (Lipinski definition) is 1. The summed E-state index contributed by atoms with van der Waals surface area (Å²) >= 11 is 0. The molecule has 0 bridgehead atoms. The summed E-state index contributed by atoms with van der Waals surface area (Å²) in [5, 5.41) is 2.53. The maximum absolute atomic E-state index is 10.5. The lowest BCUT2D eigenvalue weighted by molar-refractivity contribution is -0.116. The fourth-order valence-corrected chi connectivity index (χ4v) is 1.68. The Hall–Kier alpha value is -0.860. The normalized spacial score (nSPS) is 21.1. The molecule has 0 spiro atoms. The van der Waals surface area contributed by atoms with Gasteiger partial charge in [0, 0.05) is 0 Å². The second-order valence-corrected chi connectivity index (χ2v) is 2.99. The average Bonchev–Trinajstić information content (AvgIpc) is 2.52. The number of carbonyl (C=O) groups is 2. The Morgan fingerprint density at radius 3 is 2.36 bits per heavy atom. The highest BCUT2D eigenvalue weighted by Gasteiger charge is 2.23. The zero-order chi connectivity index (χ0) is 8.10. The highest BCUT2D eigenvalue weighted by Crippen LogP contribution is 2.26. The summed E-state index contributed by atoms with van der Waals surface area (Å²) in [4.78, 5) is 20.5. The van der Waals surface area contributed by atoms with Gasteiger partial charge in [-0.05, 0) is 18.8 Å². The molecule has 1 rings (SSSR count). The monoisotopic (exact) mass is 155 g/mol. The Kier molecular flexibility index (Phi) is 3.08. The molecule has 1 atom stereocenters. The van der Waals surface area contributed by atoms with Crippen LogP contribution in [0.15, 0.2) is 0 Å². The minimum absolute atomic E-state index is 0.241. The fraction of sp³-hybridized carbons (Fsp3) is 0.750. The van der Waals surface area contributed by atoms with Crippen molar-refractivity contribution in [3.05, 3.63) is 0 Å². The molecule has 1 amide bonds. The molecule has 0 unspecified atom stereocenters. The van der Waals surface area contributed by atoms with E-state index < -0.39 is 0 Å². The molecule has 0 aromatic rings. The first-order chi connectivity index (χ1) is 5.38. The summed E-state index contributed by atoms with van der Waals surface area (Å²) in [5.41, 5.74) is 0. The van der Waals surface area contributed by atoms with E-state index in [4.69, 9.17) is 0 Å². The molecule has 1 aliphatic rings. The van der Waals surface area contributed by atoms with Crippen LogP contribution in [0.2, 0.25) is 0 Å². The highest BCUT2D eigenvalue weighted by molar-refractivity contribution is 5.63. The number of nitrogens with one attached hydrogen (secondary N) is 1. The molecule has 0 saturated heterocycles. The van der Waals surface area contributed by atoms with Gasteiger partial charge >= 0.3 is 0 Å². The number of aldehydes is 1. The van der Waals surface area contributed by atoms with Crippen LogP contribution in [-0.2, 0) is 9.59 Å². The van der Waals surface area contributed by atoms with Crippen LogP contribution in [0.25, 0.3) is 0 Å². The third-order valence-electron chi connectivity index (χ3n) is 2.31. The van der Waals surface area contributed by atoms with E-state index in [1.54, 1.807) is 0 Å². The summed E-state index contributed by atoms with van der Waals surface area (Å²) in [6.07, 6.45) is 5.97. The average molecular weight is 155 g/mol. The van der Waals surface area contributed by atoms with E-state index in [2.05, 4.69) is 5.32 Å². The van der Waals surface area contributed by atoms with E-state index in [0.717, 1.165) is 19.1 Å². The smallest absolute Gasteiger partial charge is 0.207 e. The highest BCUT2D eigenvalue weighted by atomic mass is 16.1. The largest absolute Gasteiger partial charge is 0.349 e. The molecule has 3 nitrogen and oxygen atoms in total. The van der Waals surface area contributed by atoms with E-state index in [-0.39, 0.29) is 6.04 Å². The molecule has 1 fully saturated rings. The SMILES string of the molecule is O=CN[C@H](C=O)C1CCCC1. The van der Waals surface area contributed by atoms with Crippen molar-refractivity contribution in [3.8, 4) is 0 Å². The van der Waals surface area contributed by atoms with Gasteiger partial charge in [0.15, 0.2) is 0 Å². The summed E-state index contributed by atoms with van der Waals surface area (Å²) in [6, 6.07) is -0.241. The van der Waals surface area contributed by atoms with Crippen molar-refractivity contribution in [2.75, 3.05) is 0 Å². The van der Waals surface area contributed by atoms with Crippen molar-refractivity contribution in [2.24, 2.45) is 5.92 Å². The van der Waals surface area contributed by atoms with E-state index in [0.29, 0.717) is 12.3 Å². The lowest BCUT2D eigenvalue weighted by atomic mass is 10.00. The Bertz CT molecular complexity index is 141. The first-order valence-corrected chi connectivity index (χ1v) is 4.03. The van der Waals surface area contributed by atoms with Gasteiger partial charge < -0.3 is 10.1 Å². The van der Waals surface area contributed by atoms with Crippen LogP contribution in [0.5, 0.6) is 0 Å². The van der Waals surface area contributed by atoms with E-state index >= 15 is 0 Å². The fourth-order valence-electron chi connectivity index (χ4n) is 1.68. The Labute approximate surface area is 66.2 Å². The van der Waals surface area contributed by atoms with Crippen LogP contribution in [0.4, 0.5) is 0 Å². The molecule has 1 aliphatic carbocycles. The van der Waals surface area contributed by atoms with Gasteiger partial charge in [0.25, 0.3) is 0 Å². The van der Waals surface area contributed by atoms with E-state index in [9.17, 15) is 9.59 Å². The number of amides is 1. The lowest BCUT2D eigenvalue weighted by Gasteiger charge is -2.15. The van der Waals surface area contributed by atoms with Crippen LogP contribution in [0.3, 0.4) is 0 Å². The lowest BCUT2D eigenvalue weighted by Crippen LogP contribution is -2.35. The minimum atomic E-state index is -0.241. The van der Waals surface area contributed by atoms with Gasteiger partial charge in [-0.25, -0.2) is 0 Å². The molecular weight excluding hydrogens is 142 g/mol. The summed E-state index contributed by atoms with van der Waals surface area (Å²) in [5.74, 6) is 0.387. The number of rotatable bonds is 4. The first kappa shape index (κ1) is 8.24. The quantitative estimate of drug-likeness (QED) is 0.600. The van der Waals surface area contributed by atoms with Crippen LogP contribution < -0.4 is 5.32 Å². The van der Waals surface area contributed by atoms with Crippen LogP contribution in [0, 0.1) is 5.92 Å². The molecule has 0 aliphatic heterocycles. The van der Waals surface area contributed by atoms with E-state index in [1.165, 1.54) is 12.8 Å². The van der Waals surface area contributed by atoms with Crippen molar-refractivity contribution in [1.82, 2.24) is 5.32 Å². The molecule has 0 heterocycles. The second-order valence-electron chi connectivity index (χ2n) is 2.99. The van der Waals surface area contributed by atoms with Crippen molar-refractivity contribution < 1.29 is 9.59 Å². The second kappa shape index (κ2) is 4.11. The first-order valence-electron chi connectivity index (χ1n) is 4.03. The van der Waals surface area contributed by atoms with Gasteiger partial charge in [0.2, 0.25) is 6.41 Å². The zero-order valence-corrected chi connectivity index (χ0v) is 6.45. The van der Waals surface area contributed by atoms with Gasteiger partial charge in [-0.15, -0.1) is 0 Å². The number of carbonyl (C=O) groups excluding carboxylic acids is 2. The van der Waals surface area contributed by atoms with Crippen molar-refractivity contribution >= 4 is 12.7 Å². The van der Waals surface area contributed by atoms with Crippen molar-refractivity contribution in [2.45, 2.75) is 31.7 Å².